The molecule has 1 aliphatic rings. The second-order valence-corrected chi connectivity index (χ2v) is 4.68. The van der Waals surface area contributed by atoms with Gasteiger partial charge in [0.1, 0.15) is 4.83 Å². The number of nitrogens with zero attached hydrogens (tertiary/aromatic N) is 1. The van der Waals surface area contributed by atoms with E-state index in [0.29, 0.717) is 5.95 Å². The number of anilines is 1. The first-order chi connectivity index (χ1) is 7.29. The van der Waals surface area contributed by atoms with Crippen LogP contribution < -0.4 is 16.8 Å². The zero-order valence-corrected chi connectivity index (χ0v) is 8.78. The molecule has 6 heteroatoms. The second-order valence-electron chi connectivity index (χ2n) is 3.60. The smallest absolute Gasteiger partial charge is 0.261 e. The lowest BCUT2D eigenvalue weighted by Crippen LogP contribution is -2.16. The molecule has 0 bridgehead atoms. The molecule has 0 atom stereocenters. The number of H-pyrrole nitrogens is 1. The molecule has 0 unspecified atom stereocenters. The van der Waals surface area contributed by atoms with E-state index in [0.717, 1.165) is 29.5 Å². The van der Waals surface area contributed by atoms with E-state index in [9.17, 15) is 4.79 Å². The van der Waals surface area contributed by atoms with Crippen LogP contribution >= 0.6 is 11.3 Å². The first kappa shape index (κ1) is 8.87. The Labute approximate surface area is 89.3 Å². The Morgan fingerprint density at radius 3 is 3.13 bits per heavy atom. The normalized spacial score (nSPS) is 14.5. The summed E-state index contributed by atoms with van der Waals surface area (Å²) in [6.45, 7) is 0. The van der Waals surface area contributed by atoms with Gasteiger partial charge in [0, 0.05) is 4.88 Å². The number of aromatic amines is 1. The Balaban J connectivity index is 2.39. The zero-order valence-electron chi connectivity index (χ0n) is 7.96. The maximum absolute atomic E-state index is 11.8. The molecular weight excluding hydrogens is 212 g/mol. The molecule has 0 aromatic carbocycles. The van der Waals surface area contributed by atoms with Crippen LogP contribution in [0.5, 0.6) is 0 Å². The van der Waals surface area contributed by atoms with Crippen molar-refractivity contribution in [2.45, 2.75) is 19.3 Å². The molecule has 0 spiro atoms. The fourth-order valence-corrected chi connectivity index (χ4v) is 3.33. The van der Waals surface area contributed by atoms with Gasteiger partial charge in [0.15, 0.2) is 0 Å². The largest absolute Gasteiger partial charge is 0.294 e. The minimum atomic E-state index is -0.0904. The summed E-state index contributed by atoms with van der Waals surface area (Å²) < 4.78 is 0. The predicted molar refractivity (Wildman–Crippen MR) is 60.1 cm³/mol. The maximum Gasteiger partial charge on any atom is 0.261 e. The molecule has 0 fully saturated rings. The van der Waals surface area contributed by atoms with Crippen molar-refractivity contribution in [3.63, 3.8) is 0 Å². The van der Waals surface area contributed by atoms with Gasteiger partial charge < -0.3 is 0 Å². The third-order valence-corrected chi connectivity index (χ3v) is 3.90. The first-order valence-corrected chi connectivity index (χ1v) is 5.62. The number of aryl methyl sites for hydroxylation is 2. The van der Waals surface area contributed by atoms with Gasteiger partial charge in [-0.1, -0.05) is 0 Å². The van der Waals surface area contributed by atoms with Crippen LogP contribution in [0.2, 0.25) is 0 Å². The van der Waals surface area contributed by atoms with Crippen LogP contribution in [0.1, 0.15) is 16.9 Å². The van der Waals surface area contributed by atoms with Crippen LogP contribution in [0.4, 0.5) is 5.95 Å². The Kier molecular flexibility index (Phi) is 1.80. The van der Waals surface area contributed by atoms with Crippen molar-refractivity contribution in [2.75, 3.05) is 5.43 Å². The van der Waals surface area contributed by atoms with Crippen molar-refractivity contribution >= 4 is 27.5 Å². The Morgan fingerprint density at radius 1 is 1.47 bits per heavy atom. The van der Waals surface area contributed by atoms with Gasteiger partial charge >= 0.3 is 0 Å². The van der Waals surface area contributed by atoms with E-state index in [1.54, 1.807) is 11.3 Å². The van der Waals surface area contributed by atoms with E-state index < -0.39 is 0 Å². The maximum atomic E-state index is 11.8. The van der Waals surface area contributed by atoms with Gasteiger partial charge in [0.2, 0.25) is 5.95 Å². The van der Waals surface area contributed by atoms with Crippen molar-refractivity contribution in [3.8, 4) is 0 Å². The molecular formula is C9H10N4OS. The summed E-state index contributed by atoms with van der Waals surface area (Å²) >= 11 is 1.60. The fraction of sp³-hybridized carbons (Fsp3) is 0.333. The average Bonchev–Trinajstić information content (AvgIpc) is 2.75. The highest BCUT2D eigenvalue weighted by Crippen LogP contribution is 2.34. The zero-order chi connectivity index (χ0) is 10.4. The summed E-state index contributed by atoms with van der Waals surface area (Å²) in [6.07, 6.45) is 3.21. The number of hydrogen-bond donors (Lipinski definition) is 3. The lowest BCUT2D eigenvalue weighted by atomic mass is 10.2. The van der Waals surface area contributed by atoms with Crippen LogP contribution in [0, 0.1) is 0 Å². The molecule has 2 aromatic rings. The van der Waals surface area contributed by atoms with Gasteiger partial charge in [-0.2, -0.15) is 0 Å². The van der Waals surface area contributed by atoms with Gasteiger partial charge in [-0.15, -0.1) is 11.3 Å². The molecule has 2 aromatic heterocycles. The number of thiophene rings is 1. The molecule has 0 saturated heterocycles. The summed E-state index contributed by atoms with van der Waals surface area (Å²) in [5, 5.41) is 0.756. The summed E-state index contributed by atoms with van der Waals surface area (Å²) in [7, 11) is 0. The van der Waals surface area contributed by atoms with Crippen molar-refractivity contribution < 1.29 is 0 Å². The highest BCUT2D eigenvalue weighted by molar-refractivity contribution is 7.18. The lowest BCUT2D eigenvalue weighted by molar-refractivity contribution is 0.916. The highest BCUT2D eigenvalue weighted by atomic mass is 32.1. The molecule has 0 aliphatic heterocycles. The number of nitrogens with one attached hydrogen (secondary N) is 2. The van der Waals surface area contributed by atoms with Crippen LogP contribution in [-0.4, -0.2) is 9.97 Å². The molecule has 4 N–H and O–H groups in total. The van der Waals surface area contributed by atoms with E-state index in [4.69, 9.17) is 5.84 Å². The van der Waals surface area contributed by atoms with Gasteiger partial charge in [-0.25, -0.2) is 10.8 Å². The fourth-order valence-electron chi connectivity index (χ4n) is 2.07. The number of nitrogen functional groups attached to an aromatic ring is 1. The number of nitrogens with two attached hydrogens (primary N) is 1. The molecule has 3 rings (SSSR count). The van der Waals surface area contributed by atoms with Crippen LogP contribution in [0.3, 0.4) is 0 Å². The summed E-state index contributed by atoms with van der Waals surface area (Å²) in [5.41, 5.74) is 3.46. The molecule has 5 nitrogen and oxygen atoms in total. The number of aromatic nitrogens is 2. The van der Waals surface area contributed by atoms with Gasteiger partial charge in [0.25, 0.3) is 5.56 Å². The minimum absolute atomic E-state index is 0.0904. The molecule has 1 aliphatic carbocycles. The monoisotopic (exact) mass is 222 g/mol. The van der Waals surface area contributed by atoms with E-state index in [-0.39, 0.29) is 5.56 Å². The van der Waals surface area contributed by atoms with Crippen molar-refractivity contribution in [2.24, 2.45) is 5.84 Å². The summed E-state index contributed by atoms with van der Waals surface area (Å²) in [6, 6.07) is 0. The van der Waals surface area contributed by atoms with Gasteiger partial charge in [-0.05, 0) is 24.8 Å². The Morgan fingerprint density at radius 2 is 2.33 bits per heavy atom. The highest BCUT2D eigenvalue weighted by Gasteiger charge is 2.20. The molecule has 0 amide bonds. The third-order valence-electron chi connectivity index (χ3n) is 2.71. The second kappa shape index (κ2) is 3.04. The van der Waals surface area contributed by atoms with E-state index >= 15 is 0 Å². The lowest BCUT2D eigenvalue weighted by Gasteiger charge is -1.98. The average molecular weight is 222 g/mol. The first-order valence-electron chi connectivity index (χ1n) is 4.81. The predicted octanol–water partition coefficient (Wildman–Crippen LogP) is 0.759. The van der Waals surface area contributed by atoms with Crippen LogP contribution in [-0.2, 0) is 12.8 Å². The number of rotatable bonds is 1. The molecule has 0 saturated carbocycles. The van der Waals surface area contributed by atoms with E-state index in [1.807, 2.05) is 0 Å². The van der Waals surface area contributed by atoms with Crippen LogP contribution in [0.25, 0.3) is 10.2 Å². The summed E-state index contributed by atoms with van der Waals surface area (Å²) in [4.78, 5) is 20.8. The minimum Gasteiger partial charge on any atom is -0.294 e. The van der Waals surface area contributed by atoms with Gasteiger partial charge in [0.05, 0.1) is 5.39 Å². The molecule has 0 radical (unpaired) electrons. The molecule has 78 valence electrons. The Hall–Kier alpha value is -1.40. The number of hydrogen-bond acceptors (Lipinski definition) is 5. The number of hydrazine groups is 1. The number of fused-ring (bicyclic) bond motifs is 3. The van der Waals surface area contributed by atoms with Gasteiger partial charge in [-0.3, -0.25) is 15.2 Å². The van der Waals surface area contributed by atoms with Crippen molar-refractivity contribution in [1.29, 1.82) is 0 Å². The molecule has 2 heterocycles. The van der Waals surface area contributed by atoms with Crippen molar-refractivity contribution in [1.82, 2.24) is 9.97 Å². The Bertz CT molecular complexity index is 586. The van der Waals surface area contributed by atoms with Crippen LogP contribution in [0.15, 0.2) is 4.79 Å². The van der Waals surface area contributed by atoms with E-state index in [2.05, 4.69) is 15.4 Å². The SMILES string of the molecule is NNc1nc2sc3c(c2c(=O)[nH]1)CCC3. The summed E-state index contributed by atoms with van der Waals surface area (Å²) in [5.74, 6) is 5.55. The standard InChI is InChI=1S/C9H10N4OS/c10-13-9-11-7(14)6-4-2-1-3-5(4)15-8(6)12-9/h1-3,10H2,(H2,11,12,13,14). The quantitative estimate of drug-likeness (QED) is 0.491. The topological polar surface area (TPSA) is 83.8 Å². The third kappa shape index (κ3) is 1.18. The molecule has 15 heavy (non-hydrogen) atoms. The van der Waals surface area contributed by atoms with Crippen molar-refractivity contribution in [3.05, 3.63) is 20.8 Å². The van der Waals surface area contributed by atoms with E-state index in [1.165, 1.54) is 10.4 Å².